The fraction of sp³-hybridized carbons (Fsp3) is 0.650. The van der Waals surface area contributed by atoms with Crippen LogP contribution in [0.25, 0.3) is 0 Å². The van der Waals surface area contributed by atoms with Crippen LogP contribution < -0.4 is 5.32 Å². The predicted octanol–water partition coefficient (Wildman–Crippen LogP) is 3.03. The van der Waals surface area contributed by atoms with Gasteiger partial charge in [-0.15, -0.1) is 0 Å². The summed E-state index contributed by atoms with van der Waals surface area (Å²) < 4.78 is 0. The van der Waals surface area contributed by atoms with E-state index in [4.69, 9.17) is 11.6 Å². The van der Waals surface area contributed by atoms with E-state index in [1.807, 2.05) is 0 Å². The maximum absolute atomic E-state index is 12.7. The minimum absolute atomic E-state index is 0.00443. The van der Waals surface area contributed by atoms with Crippen molar-refractivity contribution in [1.82, 2.24) is 14.8 Å². The number of aromatic nitrogens is 1. The lowest BCUT2D eigenvalue weighted by molar-refractivity contribution is -0.134. The van der Waals surface area contributed by atoms with E-state index in [0.29, 0.717) is 29.3 Å². The zero-order chi connectivity index (χ0) is 19.4. The molecule has 0 spiro atoms. The van der Waals surface area contributed by atoms with Crippen molar-refractivity contribution in [2.45, 2.75) is 45.6 Å². The van der Waals surface area contributed by atoms with Crippen LogP contribution in [0.1, 0.15) is 39.5 Å². The smallest absolute Gasteiger partial charge is 0.237 e. The summed E-state index contributed by atoms with van der Waals surface area (Å²) in [6.45, 7) is 7.17. The van der Waals surface area contributed by atoms with Crippen LogP contribution in [0.4, 0.5) is 5.82 Å². The van der Waals surface area contributed by atoms with Crippen molar-refractivity contribution in [2.24, 2.45) is 11.8 Å². The average molecular weight is 393 g/mol. The van der Waals surface area contributed by atoms with Gasteiger partial charge in [0.1, 0.15) is 5.82 Å². The number of hydrogen-bond acceptors (Lipinski definition) is 4. The van der Waals surface area contributed by atoms with Crippen molar-refractivity contribution >= 4 is 29.2 Å². The standard InChI is InChI=1S/C20H29ClN4O2/c1-14(2)12-25(17-4-5-17)19(26)13-24-9-7-15(8-10-24)20(27)23-18-6-3-16(21)11-22-18/h3,6,11,14-15,17H,4-5,7-10,12-13H2,1-2H3,(H,22,23,27). The highest BCUT2D eigenvalue weighted by molar-refractivity contribution is 6.30. The maximum atomic E-state index is 12.7. The van der Waals surface area contributed by atoms with Crippen LogP contribution in [0.15, 0.2) is 18.3 Å². The van der Waals surface area contributed by atoms with E-state index in [-0.39, 0.29) is 17.7 Å². The zero-order valence-electron chi connectivity index (χ0n) is 16.2. The molecule has 1 aliphatic carbocycles. The van der Waals surface area contributed by atoms with Crippen LogP contribution in [-0.2, 0) is 9.59 Å². The van der Waals surface area contributed by atoms with Crippen molar-refractivity contribution in [3.8, 4) is 0 Å². The normalized spacial score (nSPS) is 18.5. The lowest BCUT2D eigenvalue weighted by Crippen LogP contribution is -2.46. The third-order valence-electron chi connectivity index (χ3n) is 5.17. The molecule has 1 saturated carbocycles. The van der Waals surface area contributed by atoms with E-state index >= 15 is 0 Å². The van der Waals surface area contributed by atoms with Crippen LogP contribution in [0.5, 0.6) is 0 Å². The quantitative estimate of drug-likeness (QED) is 0.774. The molecular formula is C20H29ClN4O2. The van der Waals surface area contributed by atoms with Gasteiger partial charge in [-0.05, 0) is 56.8 Å². The highest BCUT2D eigenvalue weighted by Crippen LogP contribution is 2.28. The van der Waals surface area contributed by atoms with E-state index in [1.165, 1.54) is 6.20 Å². The van der Waals surface area contributed by atoms with Crippen molar-refractivity contribution in [3.05, 3.63) is 23.4 Å². The fourth-order valence-electron chi connectivity index (χ4n) is 3.55. The molecule has 0 unspecified atom stereocenters. The van der Waals surface area contributed by atoms with Gasteiger partial charge in [0.15, 0.2) is 0 Å². The second kappa shape index (κ2) is 9.02. The van der Waals surface area contributed by atoms with Gasteiger partial charge in [-0.25, -0.2) is 4.98 Å². The topological polar surface area (TPSA) is 65.5 Å². The Morgan fingerprint density at radius 3 is 2.52 bits per heavy atom. The molecule has 0 atom stereocenters. The number of halogens is 1. The lowest BCUT2D eigenvalue weighted by atomic mass is 9.96. The van der Waals surface area contributed by atoms with Gasteiger partial charge in [0, 0.05) is 24.7 Å². The number of hydrogen-bond donors (Lipinski definition) is 1. The molecule has 1 aliphatic heterocycles. The van der Waals surface area contributed by atoms with Gasteiger partial charge in [-0.1, -0.05) is 25.4 Å². The van der Waals surface area contributed by atoms with Gasteiger partial charge in [-0.2, -0.15) is 0 Å². The Balaban J connectivity index is 1.44. The molecule has 0 radical (unpaired) electrons. The Bertz CT molecular complexity index is 652. The van der Waals surface area contributed by atoms with Gasteiger partial charge < -0.3 is 10.2 Å². The molecule has 1 saturated heterocycles. The molecule has 3 rings (SSSR count). The number of pyridine rings is 1. The molecule has 148 valence electrons. The van der Waals surface area contributed by atoms with Crippen LogP contribution >= 0.6 is 11.6 Å². The van der Waals surface area contributed by atoms with Gasteiger partial charge in [0.2, 0.25) is 11.8 Å². The first kappa shape index (κ1) is 20.1. The van der Waals surface area contributed by atoms with Crippen LogP contribution in [-0.4, -0.2) is 58.8 Å². The number of carbonyl (C=O) groups excluding carboxylic acids is 2. The summed E-state index contributed by atoms with van der Waals surface area (Å²) >= 11 is 5.82. The first-order valence-corrected chi connectivity index (χ1v) is 10.2. The summed E-state index contributed by atoms with van der Waals surface area (Å²) in [4.78, 5) is 33.5. The summed E-state index contributed by atoms with van der Waals surface area (Å²) in [6, 6.07) is 3.87. The maximum Gasteiger partial charge on any atom is 0.237 e. The minimum Gasteiger partial charge on any atom is -0.338 e. The van der Waals surface area contributed by atoms with Gasteiger partial charge in [0.05, 0.1) is 11.6 Å². The van der Waals surface area contributed by atoms with E-state index in [0.717, 1.165) is 45.3 Å². The molecule has 2 aliphatic rings. The third kappa shape index (κ3) is 5.91. The summed E-state index contributed by atoms with van der Waals surface area (Å²) in [5.74, 6) is 1.21. The highest BCUT2D eigenvalue weighted by Gasteiger charge is 2.34. The number of rotatable bonds is 7. The summed E-state index contributed by atoms with van der Waals surface area (Å²) in [6.07, 6.45) is 5.33. The average Bonchev–Trinajstić information content (AvgIpc) is 3.47. The molecular weight excluding hydrogens is 364 g/mol. The second-order valence-electron chi connectivity index (χ2n) is 8.07. The number of likely N-dealkylation sites (tertiary alicyclic amines) is 1. The predicted molar refractivity (Wildman–Crippen MR) is 107 cm³/mol. The largest absolute Gasteiger partial charge is 0.338 e. The molecule has 6 nitrogen and oxygen atoms in total. The van der Waals surface area contributed by atoms with E-state index in [1.54, 1.807) is 12.1 Å². The molecule has 0 aromatic carbocycles. The zero-order valence-corrected chi connectivity index (χ0v) is 16.9. The van der Waals surface area contributed by atoms with Crippen LogP contribution in [0, 0.1) is 11.8 Å². The number of anilines is 1. The minimum atomic E-state index is -0.0379. The molecule has 7 heteroatoms. The lowest BCUT2D eigenvalue weighted by Gasteiger charge is -2.33. The van der Waals surface area contributed by atoms with Gasteiger partial charge in [-0.3, -0.25) is 14.5 Å². The monoisotopic (exact) mass is 392 g/mol. The number of nitrogens with one attached hydrogen (secondary N) is 1. The molecule has 2 amide bonds. The Morgan fingerprint density at radius 2 is 1.96 bits per heavy atom. The SMILES string of the molecule is CC(C)CN(C(=O)CN1CCC(C(=O)Nc2ccc(Cl)cn2)CC1)C1CC1. The van der Waals surface area contributed by atoms with Crippen molar-refractivity contribution in [3.63, 3.8) is 0 Å². The van der Waals surface area contributed by atoms with E-state index in [2.05, 4.69) is 33.9 Å². The third-order valence-corrected chi connectivity index (χ3v) is 5.39. The van der Waals surface area contributed by atoms with Crippen molar-refractivity contribution in [1.29, 1.82) is 0 Å². The summed E-state index contributed by atoms with van der Waals surface area (Å²) in [5, 5.41) is 3.40. The molecule has 1 aromatic heterocycles. The molecule has 0 bridgehead atoms. The Morgan fingerprint density at radius 1 is 1.26 bits per heavy atom. The Labute approximate surface area is 166 Å². The second-order valence-corrected chi connectivity index (χ2v) is 8.51. The molecule has 1 aromatic rings. The number of carbonyl (C=O) groups is 2. The highest BCUT2D eigenvalue weighted by atomic mass is 35.5. The molecule has 2 fully saturated rings. The number of amides is 2. The fourth-order valence-corrected chi connectivity index (χ4v) is 3.66. The molecule has 2 heterocycles. The number of nitrogens with zero attached hydrogens (tertiary/aromatic N) is 3. The van der Waals surface area contributed by atoms with E-state index in [9.17, 15) is 9.59 Å². The summed E-state index contributed by atoms with van der Waals surface area (Å²) in [7, 11) is 0. The molecule has 1 N–H and O–H groups in total. The van der Waals surface area contributed by atoms with Crippen LogP contribution in [0.3, 0.4) is 0 Å². The summed E-state index contributed by atoms with van der Waals surface area (Å²) in [5.41, 5.74) is 0. The van der Waals surface area contributed by atoms with Crippen LogP contribution in [0.2, 0.25) is 5.02 Å². The van der Waals surface area contributed by atoms with E-state index < -0.39 is 0 Å². The van der Waals surface area contributed by atoms with Gasteiger partial charge in [0.25, 0.3) is 0 Å². The number of piperidine rings is 1. The first-order valence-electron chi connectivity index (χ1n) is 9.86. The Hall–Kier alpha value is -1.66. The van der Waals surface area contributed by atoms with Crippen molar-refractivity contribution < 1.29 is 9.59 Å². The van der Waals surface area contributed by atoms with Crippen molar-refractivity contribution in [2.75, 3.05) is 31.5 Å². The van der Waals surface area contributed by atoms with Gasteiger partial charge >= 0.3 is 0 Å². The first-order chi connectivity index (χ1) is 12.9. The molecule has 27 heavy (non-hydrogen) atoms. The Kier molecular flexibility index (Phi) is 6.71.